The summed E-state index contributed by atoms with van der Waals surface area (Å²) in [5.41, 5.74) is 3.28. The van der Waals surface area contributed by atoms with Crippen LogP contribution in [-0.2, 0) is 13.1 Å². The molecule has 0 saturated carbocycles. The van der Waals surface area contributed by atoms with Crippen LogP contribution in [0.4, 0.5) is 0 Å². The number of hydrogen-bond donors (Lipinski definition) is 1. The zero-order valence-electron chi connectivity index (χ0n) is 19.2. The van der Waals surface area contributed by atoms with Crippen LogP contribution in [-0.4, -0.2) is 63.4 Å². The van der Waals surface area contributed by atoms with Crippen LogP contribution in [0.5, 0.6) is 0 Å². The minimum absolute atomic E-state index is 0.0667. The summed E-state index contributed by atoms with van der Waals surface area (Å²) in [6, 6.07) is 16.1. The van der Waals surface area contributed by atoms with Crippen molar-refractivity contribution in [1.29, 1.82) is 0 Å². The molecule has 2 amide bonds. The highest BCUT2D eigenvalue weighted by Crippen LogP contribution is 2.23. The Balaban J connectivity index is 1.26. The maximum atomic E-state index is 13.1. The summed E-state index contributed by atoms with van der Waals surface area (Å²) in [7, 11) is 0. The predicted molar refractivity (Wildman–Crippen MR) is 128 cm³/mol. The number of likely N-dealkylation sites (tertiary alicyclic amines) is 1. The fourth-order valence-electron chi connectivity index (χ4n) is 4.98. The molecule has 172 valence electrons. The van der Waals surface area contributed by atoms with E-state index in [1.165, 1.54) is 19.3 Å². The molecule has 1 atom stereocenters. The molecule has 2 aliphatic rings. The Labute approximate surface area is 194 Å². The number of aromatic nitrogens is 2. The van der Waals surface area contributed by atoms with Crippen LogP contribution in [0.2, 0.25) is 0 Å². The molecule has 0 unspecified atom stereocenters. The van der Waals surface area contributed by atoms with Gasteiger partial charge in [-0.2, -0.15) is 0 Å². The molecule has 1 fully saturated rings. The predicted octanol–water partition coefficient (Wildman–Crippen LogP) is 3.30. The fourth-order valence-corrected chi connectivity index (χ4v) is 4.98. The fraction of sp³-hybridized carbons (Fsp3) is 0.423. The second-order valence-corrected chi connectivity index (χ2v) is 9.14. The number of amides is 2. The number of rotatable bonds is 6. The molecule has 0 spiro atoms. The van der Waals surface area contributed by atoms with Gasteiger partial charge in [0.1, 0.15) is 0 Å². The van der Waals surface area contributed by atoms with E-state index in [2.05, 4.69) is 22.1 Å². The number of imidazole rings is 1. The summed E-state index contributed by atoms with van der Waals surface area (Å²) in [6.45, 7) is 6.79. The van der Waals surface area contributed by atoms with Crippen LogP contribution >= 0.6 is 0 Å². The Bertz CT molecular complexity index is 1160. The van der Waals surface area contributed by atoms with Gasteiger partial charge >= 0.3 is 0 Å². The molecule has 3 aromatic rings. The molecular weight excluding hydrogens is 414 g/mol. The van der Waals surface area contributed by atoms with Gasteiger partial charge < -0.3 is 14.8 Å². The minimum atomic E-state index is -0.0930. The number of nitrogens with one attached hydrogen (secondary N) is 1. The van der Waals surface area contributed by atoms with Crippen LogP contribution in [0.15, 0.2) is 48.5 Å². The smallest absolute Gasteiger partial charge is 0.290 e. The molecule has 2 aromatic carbocycles. The lowest BCUT2D eigenvalue weighted by molar-refractivity contribution is 0.0685. The van der Waals surface area contributed by atoms with Gasteiger partial charge in [0.05, 0.1) is 11.0 Å². The molecular formula is C26H31N5O2. The minimum Gasteiger partial charge on any atom is -0.351 e. The summed E-state index contributed by atoms with van der Waals surface area (Å²) in [6.07, 6.45) is 3.77. The van der Waals surface area contributed by atoms with Crippen molar-refractivity contribution in [2.24, 2.45) is 0 Å². The lowest BCUT2D eigenvalue weighted by Crippen LogP contribution is -2.42. The van der Waals surface area contributed by atoms with E-state index in [1.807, 2.05) is 51.9 Å². The van der Waals surface area contributed by atoms with Crippen molar-refractivity contribution >= 4 is 22.8 Å². The molecule has 1 N–H and O–H groups in total. The van der Waals surface area contributed by atoms with Crippen LogP contribution in [0.3, 0.4) is 0 Å². The third-order valence-corrected chi connectivity index (χ3v) is 6.92. The standard InChI is InChI=1S/C26H31N5O2/c1-19-7-5-6-13-29(19)14-12-27-25(32)21-10-11-23-22(17-21)28-24-26(33)30(15-16-31(23)24)18-20-8-3-2-4-9-20/h2-4,8-11,17,19H,5-7,12-16,18H2,1H3,(H,27,32)/t19-/m1/s1. The first-order valence-corrected chi connectivity index (χ1v) is 12.0. The molecule has 5 rings (SSSR count). The van der Waals surface area contributed by atoms with Gasteiger partial charge in [-0.05, 0) is 50.1 Å². The summed E-state index contributed by atoms with van der Waals surface area (Å²) >= 11 is 0. The average molecular weight is 446 g/mol. The maximum Gasteiger partial charge on any atom is 0.290 e. The number of hydrogen-bond acceptors (Lipinski definition) is 4. The molecule has 0 aliphatic carbocycles. The second-order valence-electron chi connectivity index (χ2n) is 9.14. The van der Waals surface area contributed by atoms with Gasteiger partial charge in [0, 0.05) is 44.3 Å². The van der Waals surface area contributed by atoms with Crippen molar-refractivity contribution in [3.8, 4) is 0 Å². The van der Waals surface area contributed by atoms with E-state index in [9.17, 15) is 9.59 Å². The monoisotopic (exact) mass is 445 g/mol. The lowest BCUT2D eigenvalue weighted by Gasteiger charge is -2.33. The van der Waals surface area contributed by atoms with Crippen molar-refractivity contribution in [2.45, 2.75) is 45.3 Å². The van der Waals surface area contributed by atoms with E-state index in [1.54, 1.807) is 6.07 Å². The Morgan fingerprint density at radius 2 is 1.94 bits per heavy atom. The van der Waals surface area contributed by atoms with Crippen LogP contribution in [0, 0.1) is 0 Å². The van der Waals surface area contributed by atoms with Gasteiger partial charge in [-0.15, -0.1) is 0 Å². The number of nitrogens with zero attached hydrogens (tertiary/aromatic N) is 4. The summed E-state index contributed by atoms with van der Waals surface area (Å²) in [5.74, 6) is 0.288. The van der Waals surface area contributed by atoms with Gasteiger partial charge in [-0.3, -0.25) is 14.5 Å². The summed E-state index contributed by atoms with van der Waals surface area (Å²) in [4.78, 5) is 34.7. The van der Waals surface area contributed by atoms with Gasteiger partial charge in [-0.1, -0.05) is 36.8 Å². The molecule has 33 heavy (non-hydrogen) atoms. The van der Waals surface area contributed by atoms with Crippen LogP contribution in [0.1, 0.15) is 52.7 Å². The molecule has 3 heterocycles. The van der Waals surface area contributed by atoms with E-state index in [4.69, 9.17) is 0 Å². The molecule has 1 aromatic heterocycles. The zero-order chi connectivity index (χ0) is 22.8. The van der Waals surface area contributed by atoms with Crippen molar-refractivity contribution in [3.63, 3.8) is 0 Å². The molecule has 1 saturated heterocycles. The highest BCUT2D eigenvalue weighted by atomic mass is 16.2. The number of carbonyl (C=O) groups excluding carboxylic acids is 2. The molecule has 7 nitrogen and oxygen atoms in total. The Kier molecular flexibility index (Phi) is 6.13. The lowest BCUT2D eigenvalue weighted by atomic mass is 10.0. The number of benzene rings is 2. The molecule has 0 radical (unpaired) electrons. The SMILES string of the molecule is C[C@@H]1CCCCN1CCNC(=O)c1ccc2c(c1)nc1n2CCN(Cc2ccccc2)C1=O. The number of fused-ring (bicyclic) bond motifs is 3. The van der Waals surface area contributed by atoms with E-state index in [-0.39, 0.29) is 11.8 Å². The van der Waals surface area contributed by atoms with Crippen molar-refractivity contribution in [3.05, 3.63) is 65.5 Å². The van der Waals surface area contributed by atoms with Gasteiger partial charge in [-0.25, -0.2) is 4.98 Å². The van der Waals surface area contributed by atoms with Gasteiger partial charge in [0.15, 0.2) is 5.82 Å². The van der Waals surface area contributed by atoms with Crippen LogP contribution in [0.25, 0.3) is 11.0 Å². The van der Waals surface area contributed by atoms with Crippen molar-refractivity contribution in [1.82, 2.24) is 24.7 Å². The van der Waals surface area contributed by atoms with Gasteiger partial charge in [0.2, 0.25) is 0 Å². The Morgan fingerprint density at radius 3 is 2.76 bits per heavy atom. The topological polar surface area (TPSA) is 70.5 Å². The highest BCUT2D eigenvalue weighted by Gasteiger charge is 2.28. The van der Waals surface area contributed by atoms with Gasteiger partial charge in [0.25, 0.3) is 11.8 Å². The van der Waals surface area contributed by atoms with E-state index >= 15 is 0 Å². The highest BCUT2D eigenvalue weighted by molar-refractivity contribution is 6.00. The summed E-state index contributed by atoms with van der Waals surface area (Å²) < 4.78 is 1.97. The molecule has 7 heteroatoms. The maximum absolute atomic E-state index is 13.1. The second kappa shape index (κ2) is 9.35. The Hall–Kier alpha value is -3.19. The van der Waals surface area contributed by atoms with Crippen molar-refractivity contribution in [2.75, 3.05) is 26.2 Å². The summed E-state index contributed by atoms with van der Waals surface area (Å²) in [5, 5.41) is 3.05. The zero-order valence-corrected chi connectivity index (χ0v) is 19.2. The molecule has 0 bridgehead atoms. The third-order valence-electron chi connectivity index (χ3n) is 6.92. The van der Waals surface area contributed by atoms with Crippen molar-refractivity contribution < 1.29 is 9.59 Å². The molecule has 2 aliphatic heterocycles. The average Bonchev–Trinajstić information content (AvgIpc) is 3.21. The van der Waals surface area contributed by atoms with E-state index in [0.717, 1.165) is 24.2 Å². The number of carbonyl (C=O) groups is 2. The van der Waals surface area contributed by atoms with E-state index < -0.39 is 0 Å². The first kappa shape index (κ1) is 21.6. The number of piperidine rings is 1. The first-order chi connectivity index (χ1) is 16.1. The third kappa shape index (κ3) is 4.50. The van der Waals surface area contributed by atoms with Crippen LogP contribution < -0.4 is 5.32 Å². The Morgan fingerprint density at radius 1 is 1.09 bits per heavy atom. The quantitative estimate of drug-likeness (QED) is 0.632. The largest absolute Gasteiger partial charge is 0.351 e. The van der Waals surface area contributed by atoms with E-state index in [0.29, 0.717) is 49.1 Å². The first-order valence-electron chi connectivity index (χ1n) is 12.0. The normalized spacial score (nSPS) is 19.0.